The fourth-order valence-electron chi connectivity index (χ4n) is 4.85. The molecule has 6 rings (SSSR count). The van der Waals surface area contributed by atoms with Gasteiger partial charge in [-0.25, -0.2) is 0 Å². The molecule has 0 saturated heterocycles. The van der Waals surface area contributed by atoms with Crippen LogP contribution in [0.1, 0.15) is 39.2 Å². The molecular formula is C37H32IrNO2S-. The number of hydrogen-bond acceptors (Lipinski definition) is 4. The number of aromatic nitrogens is 1. The van der Waals surface area contributed by atoms with Gasteiger partial charge in [0.2, 0.25) is 0 Å². The Bertz CT molecular complexity index is 1850. The molecule has 0 aliphatic rings. The van der Waals surface area contributed by atoms with Crippen LogP contribution in [-0.2, 0) is 24.9 Å². The van der Waals surface area contributed by atoms with Crippen molar-refractivity contribution in [2.75, 3.05) is 0 Å². The Labute approximate surface area is 264 Å². The number of carbonyl (C=O) groups is 1. The van der Waals surface area contributed by atoms with E-state index >= 15 is 0 Å². The van der Waals surface area contributed by atoms with Crippen molar-refractivity contribution in [3.63, 3.8) is 0 Å². The number of pyridine rings is 1. The van der Waals surface area contributed by atoms with E-state index in [4.69, 9.17) is 10.1 Å². The molecule has 0 unspecified atom stereocenters. The Kier molecular flexibility index (Phi) is 10.2. The second kappa shape index (κ2) is 13.8. The predicted molar refractivity (Wildman–Crippen MR) is 173 cm³/mol. The van der Waals surface area contributed by atoms with Crippen molar-refractivity contribution in [1.82, 2.24) is 4.98 Å². The van der Waals surface area contributed by atoms with Crippen molar-refractivity contribution in [3.8, 4) is 32.8 Å². The molecule has 0 bridgehead atoms. The number of allylic oxidation sites excluding steroid dienone is 2. The molecule has 0 fully saturated rings. The molecule has 0 aliphatic carbocycles. The minimum absolute atomic E-state index is 0. The van der Waals surface area contributed by atoms with Crippen molar-refractivity contribution < 1.29 is 30.0 Å². The zero-order chi connectivity index (χ0) is 28.9. The first-order chi connectivity index (χ1) is 19.8. The van der Waals surface area contributed by atoms with E-state index in [2.05, 4.69) is 117 Å². The van der Waals surface area contributed by atoms with Gasteiger partial charge in [-0.2, -0.15) is 11.3 Å². The molecule has 3 nitrogen and oxygen atoms in total. The molecule has 6 aromatic rings. The molecule has 0 spiro atoms. The van der Waals surface area contributed by atoms with E-state index in [0.717, 1.165) is 16.0 Å². The fourth-order valence-corrected chi connectivity index (χ4v) is 5.94. The smallest absolute Gasteiger partial charge is 0.155 e. The molecule has 1 N–H and O–H groups in total. The van der Waals surface area contributed by atoms with E-state index in [9.17, 15) is 4.79 Å². The second-order valence-corrected chi connectivity index (χ2v) is 11.4. The topological polar surface area (TPSA) is 50.2 Å². The quantitative estimate of drug-likeness (QED) is 0.109. The van der Waals surface area contributed by atoms with Crippen LogP contribution < -0.4 is 0 Å². The van der Waals surface area contributed by atoms with E-state index in [-0.39, 0.29) is 31.6 Å². The first kappa shape index (κ1) is 31.1. The Morgan fingerprint density at radius 1 is 0.857 bits per heavy atom. The third-order valence-corrected chi connectivity index (χ3v) is 7.93. The molecule has 2 heterocycles. The predicted octanol–water partition coefficient (Wildman–Crippen LogP) is 10.4. The van der Waals surface area contributed by atoms with Gasteiger partial charge < -0.3 is 10.1 Å². The van der Waals surface area contributed by atoms with E-state index in [1.807, 2.05) is 6.20 Å². The molecule has 5 heteroatoms. The Balaban J connectivity index is 0.000000454. The number of nitrogens with zero attached hydrogens (tertiary/aromatic N) is 1. The number of aliphatic hydroxyl groups is 1. The molecule has 4 aromatic carbocycles. The van der Waals surface area contributed by atoms with Gasteiger partial charge >= 0.3 is 0 Å². The summed E-state index contributed by atoms with van der Waals surface area (Å²) in [5.41, 5.74) is 7.04. The van der Waals surface area contributed by atoms with Crippen molar-refractivity contribution in [2.45, 2.75) is 33.6 Å². The molecule has 1 radical (unpaired) electrons. The molecule has 42 heavy (non-hydrogen) atoms. The molecule has 213 valence electrons. The summed E-state index contributed by atoms with van der Waals surface area (Å²) < 4.78 is 1.16. The van der Waals surface area contributed by atoms with Gasteiger partial charge in [-0.1, -0.05) is 110 Å². The van der Waals surface area contributed by atoms with Gasteiger partial charge in [-0.05, 0) is 63.7 Å². The van der Waals surface area contributed by atoms with E-state index in [1.165, 1.54) is 63.2 Å². The monoisotopic (exact) mass is 747 g/mol. The number of fused-ring (bicyclic) bond motifs is 2. The summed E-state index contributed by atoms with van der Waals surface area (Å²) in [6, 6.07) is 38.4. The Hall–Kier alpha value is -3.89. The summed E-state index contributed by atoms with van der Waals surface area (Å²) in [5.74, 6) is 0.405. The number of carbonyl (C=O) groups excluding carboxylic acids is 1. The molecule has 0 atom stereocenters. The maximum absolute atomic E-state index is 10.0. The standard InChI is InChI=1S/C32H24NS.C5H8O2.Ir/c1-21(2)25-14-13-23-15-16-33-32(28(23)17-25)26-18-27(22-9-5-3-6-10-22)29-20-30(34-31(29)19-26)24-11-7-4-8-12-24;1-4(6)3-5(2)7;/h3-18,20-21H,1-2H3;3,6H,1-2H3;/q-1;;/b;4-3-;. The van der Waals surface area contributed by atoms with Gasteiger partial charge in [0.25, 0.3) is 0 Å². The third-order valence-electron chi connectivity index (χ3n) is 6.83. The van der Waals surface area contributed by atoms with E-state index in [1.54, 1.807) is 11.3 Å². The van der Waals surface area contributed by atoms with Crippen LogP contribution in [-0.4, -0.2) is 15.9 Å². The molecule has 0 saturated carbocycles. The van der Waals surface area contributed by atoms with Crippen LogP contribution in [0, 0.1) is 6.07 Å². The zero-order valence-electron chi connectivity index (χ0n) is 24.0. The van der Waals surface area contributed by atoms with Crippen LogP contribution in [0.5, 0.6) is 0 Å². The van der Waals surface area contributed by atoms with Gasteiger partial charge in [0, 0.05) is 37.3 Å². The second-order valence-electron chi connectivity index (χ2n) is 10.4. The van der Waals surface area contributed by atoms with Gasteiger partial charge in [-0.15, -0.1) is 17.7 Å². The minimum atomic E-state index is -0.125. The number of aliphatic hydroxyl groups excluding tert-OH is 1. The summed E-state index contributed by atoms with van der Waals surface area (Å²) >= 11 is 1.80. The summed E-state index contributed by atoms with van der Waals surface area (Å²) in [5, 5.41) is 12.0. The molecule has 0 amide bonds. The maximum atomic E-state index is 10.0. The fraction of sp³-hybridized carbons (Fsp3) is 0.135. The summed E-state index contributed by atoms with van der Waals surface area (Å²) in [6.45, 7) is 7.32. The van der Waals surface area contributed by atoms with Crippen molar-refractivity contribution >= 4 is 38.0 Å². The molecular weight excluding hydrogens is 715 g/mol. The summed E-state index contributed by atoms with van der Waals surface area (Å²) in [7, 11) is 0. The average molecular weight is 747 g/mol. The van der Waals surface area contributed by atoms with E-state index < -0.39 is 0 Å². The maximum Gasteiger partial charge on any atom is 0.155 e. The van der Waals surface area contributed by atoms with Gasteiger partial charge in [0.1, 0.15) is 0 Å². The van der Waals surface area contributed by atoms with Gasteiger partial charge in [-0.3, -0.25) is 4.79 Å². The number of benzene rings is 4. The Morgan fingerprint density at radius 2 is 1.52 bits per heavy atom. The molecule has 0 aliphatic heterocycles. The number of thiophene rings is 1. The number of ketones is 1. The normalized spacial score (nSPS) is 11.2. The van der Waals surface area contributed by atoms with Crippen LogP contribution in [0.4, 0.5) is 0 Å². The largest absolute Gasteiger partial charge is 0.512 e. The van der Waals surface area contributed by atoms with Gasteiger partial charge in [0.05, 0.1) is 5.76 Å². The van der Waals surface area contributed by atoms with E-state index in [0.29, 0.717) is 5.92 Å². The minimum Gasteiger partial charge on any atom is -0.512 e. The number of hydrogen-bond donors (Lipinski definition) is 1. The van der Waals surface area contributed by atoms with Crippen LogP contribution in [0.3, 0.4) is 0 Å². The van der Waals surface area contributed by atoms with Crippen molar-refractivity contribution in [2.24, 2.45) is 0 Å². The number of rotatable bonds is 5. The first-order valence-electron chi connectivity index (χ1n) is 13.7. The molecule has 2 aromatic heterocycles. The van der Waals surface area contributed by atoms with Gasteiger partial charge in [0.15, 0.2) is 5.78 Å². The SMILES string of the molecule is CC(=O)/C=C(/C)O.CC(C)c1ccc2ccnc(-c3[c-]c4sc(-c5ccccc5)cc4c(-c4ccccc4)c3)c2c1.[Ir]. The summed E-state index contributed by atoms with van der Waals surface area (Å²) in [4.78, 5) is 16.1. The van der Waals surface area contributed by atoms with Crippen molar-refractivity contribution in [1.29, 1.82) is 0 Å². The van der Waals surface area contributed by atoms with Crippen LogP contribution in [0.25, 0.3) is 53.7 Å². The Morgan fingerprint density at radius 3 is 2.12 bits per heavy atom. The third kappa shape index (κ3) is 7.11. The van der Waals surface area contributed by atoms with Crippen LogP contribution >= 0.6 is 11.3 Å². The summed E-state index contributed by atoms with van der Waals surface area (Å²) in [6.07, 6.45) is 3.08. The van der Waals surface area contributed by atoms with Crippen molar-refractivity contribution in [3.05, 3.63) is 127 Å². The zero-order valence-corrected chi connectivity index (χ0v) is 27.2. The van der Waals surface area contributed by atoms with Crippen LogP contribution in [0.2, 0.25) is 0 Å². The average Bonchev–Trinajstić information content (AvgIpc) is 3.41. The first-order valence-corrected chi connectivity index (χ1v) is 14.5. The van der Waals surface area contributed by atoms with Crippen LogP contribution in [0.15, 0.2) is 115 Å².